The number of carboxylic acids is 1. The fourth-order valence-electron chi connectivity index (χ4n) is 2.73. The van der Waals surface area contributed by atoms with Gasteiger partial charge in [-0.15, -0.1) is 0 Å². The Bertz CT molecular complexity index is 360. The van der Waals surface area contributed by atoms with Crippen LogP contribution in [-0.4, -0.2) is 58.8 Å². The van der Waals surface area contributed by atoms with Crippen LogP contribution in [0.1, 0.15) is 38.5 Å². The molecular weight excluding hydrogens is 286 g/mol. The summed E-state index contributed by atoms with van der Waals surface area (Å²) >= 11 is 0. The highest BCUT2D eigenvalue weighted by molar-refractivity contribution is 5.77. The monoisotopic (exact) mass is 308 g/mol. The number of alkyl halides is 2. The summed E-state index contributed by atoms with van der Waals surface area (Å²) in [5.41, 5.74) is -0.878. The van der Waals surface area contributed by atoms with Crippen LogP contribution in [0.2, 0.25) is 0 Å². The molecule has 0 aliphatic heterocycles. The van der Waals surface area contributed by atoms with Gasteiger partial charge in [-0.25, -0.2) is 13.6 Å². The summed E-state index contributed by atoms with van der Waals surface area (Å²) in [5, 5.41) is 20.5. The van der Waals surface area contributed by atoms with E-state index >= 15 is 0 Å². The van der Waals surface area contributed by atoms with E-state index in [1.807, 2.05) is 0 Å². The first-order valence-corrected chi connectivity index (χ1v) is 7.06. The number of aliphatic carboxylic acids is 1. The predicted octanol–water partition coefficient (Wildman–Crippen LogP) is 1.43. The molecule has 0 atom stereocenters. The quantitative estimate of drug-likeness (QED) is 0.664. The summed E-state index contributed by atoms with van der Waals surface area (Å²) in [6, 6.07) is -0.743. The molecule has 2 amide bonds. The van der Waals surface area contributed by atoms with E-state index in [1.54, 1.807) is 0 Å². The number of halogens is 2. The van der Waals surface area contributed by atoms with E-state index in [0.29, 0.717) is 12.8 Å². The zero-order valence-corrected chi connectivity index (χ0v) is 11.9. The van der Waals surface area contributed by atoms with Crippen molar-refractivity contribution < 1.29 is 28.6 Å². The molecule has 1 aliphatic rings. The minimum atomic E-state index is -2.70. The zero-order valence-electron chi connectivity index (χ0n) is 11.9. The molecule has 0 aromatic rings. The highest BCUT2D eigenvalue weighted by Crippen LogP contribution is 2.31. The molecular formula is C13H22F2N2O4. The molecule has 0 aromatic heterocycles. The van der Waals surface area contributed by atoms with Gasteiger partial charge in [0.05, 0.1) is 25.1 Å². The van der Waals surface area contributed by atoms with Crippen LogP contribution < -0.4 is 5.32 Å². The number of hydrogen-bond acceptors (Lipinski definition) is 3. The molecule has 3 N–H and O–H groups in total. The van der Waals surface area contributed by atoms with Gasteiger partial charge in [0.15, 0.2) is 0 Å². The van der Waals surface area contributed by atoms with Crippen LogP contribution in [0.3, 0.4) is 0 Å². The van der Waals surface area contributed by atoms with Gasteiger partial charge in [0.25, 0.3) is 6.43 Å². The molecule has 6 nitrogen and oxygen atoms in total. The van der Waals surface area contributed by atoms with E-state index in [0.717, 1.165) is 24.2 Å². The fraction of sp³-hybridized carbons (Fsp3) is 0.846. The van der Waals surface area contributed by atoms with Crippen molar-refractivity contribution >= 4 is 12.0 Å². The second-order valence-electron chi connectivity index (χ2n) is 5.40. The Kier molecular flexibility index (Phi) is 6.80. The maximum Gasteiger partial charge on any atom is 0.318 e. The summed E-state index contributed by atoms with van der Waals surface area (Å²) in [5.74, 6) is -1.03. The van der Waals surface area contributed by atoms with E-state index in [1.165, 1.54) is 0 Å². The lowest BCUT2D eigenvalue weighted by atomic mass is 9.79. The summed E-state index contributed by atoms with van der Waals surface area (Å²) in [6.07, 6.45) is 0.670. The van der Waals surface area contributed by atoms with Crippen LogP contribution in [0.4, 0.5) is 13.6 Å². The van der Waals surface area contributed by atoms with E-state index in [4.69, 9.17) is 10.2 Å². The van der Waals surface area contributed by atoms with Crippen molar-refractivity contribution in [2.75, 3.05) is 19.7 Å². The maximum absolute atomic E-state index is 12.5. The molecule has 0 saturated heterocycles. The lowest BCUT2D eigenvalue weighted by Gasteiger charge is -2.38. The van der Waals surface area contributed by atoms with E-state index in [-0.39, 0.29) is 13.0 Å². The van der Waals surface area contributed by atoms with E-state index in [2.05, 4.69) is 5.32 Å². The minimum absolute atomic E-state index is 0.209. The average Bonchev–Trinajstić information content (AvgIpc) is 2.37. The number of amides is 2. The number of aliphatic hydroxyl groups is 1. The Hall–Kier alpha value is -1.44. The highest BCUT2D eigenvalue weighted by Gasteiger charge is 2.37. The number of hydrogen-bond donors (Lipinski definition) is 3. The van der Waals surface area contributed by atoms with Crippen molar-refractivity contribution in [1.29, 1.82) is 0 Å². The molecule has 1 rings (SSSR count). The SMILES string of the molecule is O=C(O)CC1(NC(=O)N(CCO)CC(F)F)CCCCC1. The number of nitrogens with one attached hydrogen (secondary N) is 1. The fourth-order valence-corrected chi connectivity index (χ4v) is 2.73. The maximum atomic E-state index is 12.5. The number of aliphatic hydroxyl groups excluding tert-OH is 1. The lowest BCUT2D eigenvalue weighted by Crippen LogP contribution is -2.56. The summed E-state index contributed by atoms with van der Waals surface area (Å²) < 4.78 is 24.9. The van der Waals surface area contributed by atoms with Crippen molar-refractivity contribution in [3.8, 4) is 0 Å². The number of carbonyl (C=O) groups excluding carboxylic acids is 1. The van der Waals surface area contributed by atoms with Gasteiger partial charge in [-0.05, 0) is 12.8 Å². The molecule has 0 radical (unpaired) electrons. The highest BCUT2D eigenvalue weighted by atomic mass is 19.3. The number of rotatable bonds is 7. The molecule has 0 aromatic carbocycles. The van der Waals surface area contributed by atoms with Crippen molar-refractivity contribution in [2.45, 2.75) is 50.5 Å². The third-order valence-corrected chi connectivity index (χ3v) is 3.69. The number of nitrogens with zero attached hydrogens (tertiary/aromatic N) is 1. The molecule has 0 heterocycles. The topological polar surface area (TPSA) is 89.9 Å². The molecule has 0 bridgehead atoms. The van der Waals surface area contributed by atoms with E-state index in [9.17, 15) is 18.4 Å². The number of carboxylic acid groups (broad SMARTS) is 1. The minimum Gasteiger partial charge on any atom is -0.481 e. The first kappa shape index (κ1) is 17.6. The molecule has 0 unspecified atom stereocenters. The molecule has 1 saturated carbocycles. The Morgan fingerprint density at radius 3 is 2.33 bits per heavy atom. The van der Waals surface area contributed by atoms with Gasteiger partial charge in [0.2, 0.25) is 0 Å². The first-order chi connectivity index (χ1) is 9.88. The number of urea groups is 1. The van der Waals surface area contributed by atoms with Gasteiger partial charge in [-0.1, -0.05) is 19.3 Å². The standard InChI is InChI=1S/C13H22F2N2O4/c14-10(15)9-17(6-7-18)12(21)16-13(8-11(19)20)4-2-1-3-5-13/h10,18H,1-9H2,(H,16,21)(H,19,20). The summed E-state index contributed by atoms with van der Waals surface area (Å²) in [7, 11) is 0. The lowest BCUT2D eigenvalue weighted by molar-refractivity contribution is -0.139. The van der Waals surface area contributed by atoms with Gasteiger partial charge in [0, 0.05) is 6.54 Å². The van der Waals surface area contributed by atoms with E-state index < -0.39 is 37.1 Å². The van der Waals surface area contributed by atoms with Crippen molar-refractivity contribution in [3.63, 3.8) is 0 Å². The second-order valence-corrected chi connectivity index (χ2v) is 5.40. The van der Waals surface area contributed by atoms with Crippen LogP contribution in [-0.2, 0) is 4.79 Å². The van der Waals surface area contributed by atoms with Crippen LogP contribution in [0, 0.1) is 0 Å². The molecule has 21 heavy (non-hydrogen) atoms. The van der Waals surface area contributed by atoms with Crippen LogP contribution in [0.5, 0.6) is 0 Å². The molecule has 1 fully saturated rings. The van der Waals surface area contributed by atoms with Crippen LogP contribution in [0.15, 0.2) is 0 Å². The third kappa shape index (κ3) is 5.82. The Morgan fingerprint density at radius 2 is 1.86 bits per heavy atom. The Labute approximate surface area is 122 Å². The number of carbonyl (C=O) groups is 2. The smallest absolute Gasteiger partial charge is 0.318 e. The average molecular weight is 308 g/mol. The van der Waals surface area contributed by atoms with Gasteiger partial charge >= 0.3 is 12.0 Å². The normalized spacial score (nSPS) is 17.5. The second kappa shape index (κ2) is 8.11. The predicted molar refractivity (Wildman–Crippen MR) is 71.3 cm³/mol. The molecule has 122 valence electrons. The van der Waals surface area contributed by atoms with Gasteiger partial charge in [-0.2, -0.15) is 0 Å². The Morgan fingerprint density at radius 1 is 1.24 bits per heavy atom. The van der Waals surface area contributed by atoms with Gasteiger partial charge < -0.3 is 20.4 Å². The largest absolute Gasteiger partial charge is 0.481 e. The first-order valence-electron chi connectivity index (χ1n) is 7.06. The van der Waals surface area contributed by atoms with Crippen molar-refractivity contribution in [3.05, 3.63) is 0 Å². The van der Waals surface area contributed by atoms with Crippen molar-refractivity contribution in [1.82, 2.24) is 10.2 Å². The zero-order chi connectivity index (χ0) is 15.9. The Balaban J connectivity index is 2.75. The van der Waals surface area contributed by atoms with Gasteiger partial charge in [0.1, 0.15) is 0 Å². The van der Waals surface area contributed by atoms with Crippen LogP contribution >= 0.6 is 0 Å². The summed E-state index contributed by atoms with van der Waals surface area (Å²) in [6.45, 7) is -1.42. The summed E-state index contributed by atoms with van der Waals surface area (Å²) in [4.78, 5) is 23.9. The van der Waals surface area contributed by atoms with Gasteiger partial charge in [-0.3, -0.25) is 4.79 Å². The molecule has 1 aliphatic carbocycles. The van der Waals surface area contributed by atoms with Crippen molar-refractivity contribution in [2.24, 2.45) is 0 Å². The van der Waals surface area contributed by atoms with Crippen LogP contribution in [0.25, 0.3) is 0 Å². The molecule has 0 spiro atoms. The third-order valence-electron chi connectivity index (χ3n) is 3.69. The molecule has 8 heteroatoms.